The number of carbonyl (C=O) groups excluding carboxylic acids is 1. The van der Waals surface area contributed by atoms with Crippen molar-refractivity contribution in [2.24, 2.45) is 0 Å². The minimum absolute atomic E-state index is 0.0820. The van der Waals surface area contributed by atoms with Crippen LogP contribution in [0.4, 0.5) is 0 Å². The molecular weight excluding hydrogens is 346 g/mol. The maximum atomic E-state index is 11.6. The predicted octanol–water partition coefficient (Wildman–Crippen LogP) is 5.75. The first-order valence-corrected chi connectivity index (χ1v) is 6.71. The SMILES string of the molecule is O=C(OCl)c1cc(Cl)ccc1Oc1ccc(Cl)cc1Cl. The number of halogens is 4. The maximum Gasteiger partial charge on any atom is 0.360 e. The van der Waals surface area contributed by atoms with E-state index < -0.39 is 5.97 Å². The van der Waals surface area contributed by atoms with E-state index in [2.05, 4.69) is 4.29 Å². The molecule has 0 aliphatic heterocycles. The summed E-state index contributed by atoms with van der Waals surface area (Å²) in [5, 5.41) is 1.12. The Morgan fingerprint density at radius 2 is 1.50 bits per heavy atom. The van der Waals surface area contributed by atoms with E-state index >= 15 is 0 Å². The highest BCUT2D eigenvalue weighted by molar-refractivity contribution is 6.35. The molecule has 0 aliphatic carbocycles. The molecule has 0 fully saturated rings. The lowest BCUT2D eigenvalue weighted by Crippen LogP contribution is -2.01. The summed E-state index contributed by atoms with van der Waals surface area (Å²) in [4.78, 5) is 11.6. The van der Waals surface area contributed by atoms with Gasteiger partial charge in [0.15, 0.2) is 0 Å². The Morgan fingerprint density at radius 3 is 2.10 bits per heavy atom. The quantitative estimate of drug-likeness (QED) is 0.706. The zero-order valence-electron chi connectivity index (χ0n) is 9.70. The number of ether oxygens (including phenoxy) is 1. The van der Waals surface area contributed by atoms with E-state index in [9.17, 15) is 4.79 Å². The van der Waals surface area contributed by atoms with Crippen LogP contribution in [0.15, 0.2) is 36.4 Å². The first-order valence-electron chi connectivity index (χ1n) is 5.26. The first kappa shape index (κ1) is 15.3. The predicted molar refractivity (Wildman–Crippen MR) is 79.3 cm³/mol. The number of carbonyl (C=O) groups is 1. The summed E-state index contributed by atoms with van der Waals surface area (Å²) in [5.74, 6) is -0.236. The van der Waals surface area contributed by atoms with Gasteiger partial charge in [0.25, 0.3) is 0 Å². The van der Waals surface area contributed by atoms with Crippen LogP contribution in [0.25, 0.3) is 0 Å². The van der Waals surface area contributed by atoms with Crippen LogP contribution in [0.2, 0.25) is 15.1 Å². The van der Waals surface area contributed by atoms with Crippen LogP contribution in [-0.2, 0) is 4.29 Å². The summed E-state index contributed by atoms with van der Waals surface area (Å²) >= 11 is 22.7. The van der Waals surface area contributed by atoms with Gasteiger partial charge in [-0.15, -0.1) is 0 Å². The molecule has 2 aromatic rings. The van der Waals surface area contributed by atoms with Crippen molar-refractivity contribution in [2.75, 3.05) is 0 Å². The van der Waals surface area contributed by atoms with Gasteiger partial charge in [-0.2, -0.15) is 0 Å². The van der Waals surface area contributed by atoms with Gasteiger partial charge < -0.3 is 9.03 Å². The second kappa shape index (κ2) is 6.55. The minimum Gasteiger partial charge on any atom is -0.455 e. The highest BCUT2D eigenvalue weighted by Gasteiger charge is 2.16. The summed E-state index contributed by atoms with van der Waals surface area (Å²) < 4.78 is 9.72. The van der Waals surface area contributed by atoms with Crippen LogP contribution in [0.1, 0.15) is 10.4 Å². The van der Waals surface area contributed by atoms with Gasteiger partial charge in [-0.1, -0.05) is 34.8 Å². The van der Waals surface area contributed by atoms with Crippen molar-refractivity contribution in [1.82, 2.24) is 0 Å². The van der Waals surface area contributed by atoms with Gasteiger partial charge in [-0.3, -0.25) is 0 Å². The summed E-state index contributed by atoms with van der Waals surface area (Å²) in [6.45, 7) is 0. The summed E-state index contributed by atoms with van der Waals surface area (Å²) in [6.07, 6.45) is 0. The molecule has 3 nitrogen and oxygen atoms in total. The molecule has 7 heteroatoms. The number of benzene rings is 2. The van der Waals surface area contributed by atoms with Crippen molar-refractivity contribution in [1.29, 1.82) is 0 Å². The fraction of sp³-hybridized carbons (Fsp3) is 0. The molecule has 2 aromatic carbocycles. The highest BCUT2D eigenvalue weighted by Crippen LogP contribution is 2.34. The molecule has 2 rings (SSSR count). The normalized spacial score (nSPS) is 10.2. The Labute approximate surface area is 135 Å². The molecule has 0 radical (unpaired) electrons. The highest BCUT2D eigenvalue weighted by atomic mass is 35.5. The molecule has 0 unspecified atom stereocenters. The average molecular weight is 352 g/mol. The fourth-order valence-electron chi connectivity index (χ4n) is 1.47. The van der Waals surface area contributed by atoms with E-state index in [1.807, 2.05) is 0 Å². The molecule has 0 N–H and O–H groups in total. The van der Waals surface area contributed by atoms with Crippen molar-refractivity contribution in [3.63, 3.8) is 0 Å². The number of hydrogen-bond acceptors (Lipinski definition) is 3. The molecule has 0 spiro atoms. The van der Waals surface area contributed by atoms with Crippen LogP contribution in [0.3, 0.4) is 0 Å². The maximum absolute atomic E-state index is 11.6. The zero-order valence-corrected chi connectivity index (χ0v) is 12.7. The van der Waals surface area contributed by atoms with Crippen LogP contribution in [0, 0.1) is 0 Å². The van der Waals surface area contributed by atoms with Gasteiger partial charge in [-0.25, -0.2) is 4.79 Å². The van der Waals surface area contributed by atoms with E-state index in [1.165, 1.54) is 18.2 Å². The van der Waals surface area contributed by atoms with Crippen molar-refractivity contribution < 1.29 is 13.8 Å². The molecule has 0 aliphatic rings. The summed E-state index contributed by atoms with van der Waals surface area (Å²) in [5.41, 5.74) is 0.0820. The lowest BCUT2D eigenvalue weighted by Gasteiger charge is -2.11. The minimum atomic E-state index is -0.783. The van der Waals surface area contributed by atoms with Crippen molar-refractivity contribution in [2.45, 2.75) is 0 Å². The molecule has 104 valence electrons. The van der Waals surface area contributed by atoms with Gasteiger partial charge >= 0.3 is 5.97 Å². The van der Waals surface area contributed by atoms with Crippen molar-refractivity contribution in [3.05, 3.63) is 57.0 Å². The second-order valence-corrected chi connectivity index (χ2v) is 5.12. The molecule has 0 heterocycles. The third-order valence-corrected chi connectivity index (χ3v) is 3.25. The second-order valence-electron chi connectivity index (χ2n) is 3.68. The van der Waals surface area contributed by atoms with Crippen molar-refractivity contribution >= 4 is 52.6 Å². The lowest BCUT2D eigenvalue weighted by atomic mass is 10.2. The molecule has 0 atom stereocenters. The van der Waals surface area contributed by atoms with E-state index in [1.54, 1.807) is 18.2 Å². The topological polar surface area (TPSA) is 35.5 Å². The fourth-order valence-corrected chi connectivity index (χ4v) is 2.17. The Bertz CT molecular complexity index is 658. The molecule has 0 saturated heterocycles. The largest absolute Gasteiger partial charge is 0.455 e. The van der Waals surface area contributed by atoms with Gasteiger partial charge in [0.2, 0.25) is 0 Å². The van der Waals surface area contributed by atoms with E-state index in [4.69, 9.17) is 51.4 Å². The Balaban J connectivity index is 2.40. The van der Waals surface area contributed by atoms with Crippen LogP contribution >= 0.6 is 46.7 Å². The molecule has 0 aromatic heterocycles. The Morgan fingerprint density at radius 1 is 0.900 bits per heavy atom. The smallest absolute Gasteiger partial charge is 0.360 e. The van der Waals surface area contributed by atoms with Gasteiger partial charge in [-0.05, 0) is 36.4 Å². The summed E-state index contributed by atoms with van der Waals surface area (Å²) in [6, 6.07) is 9.16. The molecule has 0 saturated carbocycles. The van der Waals surface area contributed by atoms with Gasteiger partial charge in [0, 0.05) is 10.0 Å². The molecule has 20 heavy (non-hydrogen) atoms. The van der Waals surface area contributed by atoms with Gasteiger partial charge in [0.05, 0.1) is 5.02 Å². The number of hydrogen-bond donors (Lipinski definition) is 0. The van der Waals surface area contributed by atoms with Crippen LogP contribution in [0.5, 0.6) is 11.5 Å². The third kappa shape index (κ3) is 3.49. The van der Waals surface area contributed by atoms with Crippen LogP contribution in [-0.4, -0.2) is 5.97 Å². The molecule has 0 amide bonds. The first-order chi connectivity index (χ1) is 9.51. The van der Waals surface area contributed by atoms with Gasteiger partial charge in [0.1, 0.15) is 28.9 Å². The van der Waals surface area contributed by atoms with Crippen LogP contribution < -0.4 is 4.74 Å². The molecular formula is C13H6Cl4O3. The summed E-state index contributed by atoms with van der Waals surface area (Å²) in [7, 11) is 0. The standard InChI is InChI=1S/C13H6Cl4O3/c14-7-1-3-11(9(5-7)13(18)20-17)19-12-4-2-8(15)6-10(12)16/h1-6H. The number of rotatable bonds is 3. The third-order valence-electron chi connectivity index (χ3n) is 2.35. The Hall–Kier alpha value is -1.13. The van der Waals surface area contributed by atoms with E-state index in [-0.39, 0.29) is 11.3 Å². The molecule has 0 bridgehead atoms. The average Bonchev–Trinajstić information content (AvgIpc) is 2.42. The van der Waals surface area contributed by atoms with E-state index in [0.29, 0.717) is 20.8 Å². The Kier molecular flexibility index (Phi) is 5.00. The monoisotopic (exact) mass is 350 g/mol. The lowest BCUT2D eigenvalue weighted by molar-refractivity contribution is 0.0748. The van der Waals surface area contributed by atoms with Crippen molar-refractivity contribution in [3.8, 4) is 11.5 Å². The van der Waals surface area contributed by atoms with E-state index in [0.717, 1.165) is 0 Å². The zero-order chi connectivity index (χ0) is 14.7.